The van der Waals surface area contributed by atoms with E-state index in [1.54, 1.807) is 0 Å². The molecule has 1 fully saturated rings. The molecular formula is C15H26N4. The van der Waals surface area contributed by atoms with E-state index >= 15 is 0 Å². The highest BCUT2D eigenvalue weighted by atomic mass is 15.3. The Morgan fingerprint density at radius 1 is 1.26 bits per heavy atom. The van der Waals surface area contributed by atoms with Gasteiger partial charge in [-0.1, -0.05) is 6.92 Å². The van der Waals surface area contributed by atoms with Crippen LogP contribution in [-0.2, 0) is 6.54 Å². The average molecular weight is 262 g/mol. The van der Waals surface area contributed by atoms with Gasteiger partial charge >= 0.3 is 0 Å². The molecule has 0 radical (unpaired) electrons. The van der Waals surface area contributed by atoms with Crippen molar-refractivity contribution in [3.63, 3.8) is 0 Å². The third-order valence-electron chi connectivity index (χ3n) is 3.56. The van der Waals surface area contributed by atoms with Crippen LogP contribution in [0.15, 0.2) is 12.4 Å². The number of nitrogens with zero attached hydrogens (tertiary/aromatic N) is 3. The summed E-state index contributed by atoms with van der Waals surface area (Å²) >= 11 is 0. The summed E-state index contributed by atoms with van der Waals surface area (Å²) in [4.78, 5) is 11.4. The molecule has 0 amide bonds. The molecule has 1 N–H and O–H groups in total. The topological polar surface area (TPSA) is 41.1 Å². The van der Waals surface area contributed by atoms with Crippen molar-refractivity contribution in [2.45, 2.75) is 59.2 Å². The van der Waals surface area contributed by atoms with Crippen molar-refractivity contribution in [3.8, 4) is 0 Å². The summed E-state index contributed by atoms with van der Waals surface area (Å²) in [5.41, 5.74) is 1.26. The third-order valence-corrected chi connectivity index (χ3v) is 3.56. The van der Waals surface area contributed by atoms with Gasteiger partial charge in [0.2, 0.25) is 5.95 Å². The summed E-state index contributed by atoms with van der Waals surface area (Å²) in [6, 6.07) is 0.550. The van der Waals surface area contributed by atoms with Crippen LogP contribution in [0.25, 0.3) is 0 Å². The molecule has 19 heavy (non-hydrogen) atoms. The molecule has 2 heterocycles. The van der Waals surface area contributed by atoms with Crippen LogP contribution in [0.2, 0.25) is 0 Å². The molecule has 0 bridgehead atoms. The monoisotopic (exact) mass is 262 g/mol. The van der Waals surface area contributed by atoms with Crippen molar-refractivity contribution in [2.24, 2.45) is 5.92 Å². The van der Waals surface area contributed by atoms with Gasteiger partial charge in [-0.05, 0) is 40.0 Å². The minimum absolute atomic E-state index is 0.123. The van der Waals surface area contributed by atoms with E-state index in [1.807, 2.05) is 12.4 Å². The van der Waals surface area contributed by atoms with E-state index in [4.69, 9.17) is 0 Å². The molecule has 1 aromatic heterocycles. The van der Waals surface area contributed by atoms with Crippen molar-refractivity contribution in [1.82, 2.24) is 15.3 Å². The second-order valence-electron chi connectivity index (χ2n) is 6.84. The zero-order chi connectivity index (χ0) is 14.0. The fourth-order valence-electron chi connectivity index (χ4n) is 2.53. The largest absolute Gasteiger partial charge is 0.338 e. The Bertz CT molecular complexity index is 407. The van der Waals surface area contributed by atoms with Gasteiger partial charge in [0.15, 0.2) is 0 Å². The van der Waals surface area contributed by atoms with E-state index < -0.39 is 0 Å². The van der Waals surface area contributed by atoms with Gasteiger partial charge in [-0.25, -0.2) is 9.97 Å². The Morgan fingerprint density at radius 3 is 2.37 bits per heavy atom. The van der Waals surface area contributed by atoms with Crippen LogP contribution in [0.5, 0.6) is 0 Å². The molecule has 0 saturated carbocycles. The number of nitrogens with one attached hydrogen (secondary N) is 1. The van der Waals surface area contributed by atoms with E-state index in [0.717, 1.165) is 30.5 Å². The lowest BCUT2D eigenvalue weighted by Gasteiger charge is -2.22. The molecule has 1 aliphatic rings. The first-order valence-corrected chi connectivity index (χ1v) is 7.18. The van der Waals surface area contributed by atoms with Gasteiger partial charge in [0.25, 0.3) is 0 Å². The Hall–Kier alpha value is -1.16. The van der Waals surface area contributed by atoms with Gasteiger partial charge in [-0.15, -0.1) is 0 Å². The minimum atomic E-state index is 0.123. The number of anilines is 1. The van der Waals surface area contributed by atoms with E-state index in [-0.39, 0.29) is 5.54 Å². The predicted molar refractivity (Wildman–Crippen MR) is 79.2 cm³/mol. The third kappa shape index (κ3) is 3.90. The van der Waals surface area contributed by atoms with Crippen LogP contribution in [0, 0.1) is 5.92 Å². The first kappa shape index (κ1) is 14.3. The first-order valence-electron chi connectivity index (χ1n) is 7.18. The summed E-state index contributed by atoms with van der Waals surface area (Å²) in [5, 5.41) is 3.45. The Balaban J connectivity index is 1.99. The van der Waals surface area contributed by atoms with Gasteiger partial charge in [0.1, 0.15) is 0 Å². The second kappa shape index (κ2) is 5.45. The van der Waals surface area contributed by atoms with Crippen LogP contribution in [0.4, 0.5) is 5.95 Å². The molecule has 1 saturated heterocycles. The molecule has 4 heteroatoms. The normalized spacial score (nSPS) is 23.9. The van der Waals surface area contributed by atoms with E-state index in [0.29, 0.717) is 6.04 Å². The molecule has 2 atom stereocenters. The highest BCUT2D eigenvalue weighted by Crippen LogP contribution is 2.25. The molecule has 0 aromatic carbocycles. The summed E-state index contributed by atoms with van der Waals surface area (Å²) in [5.74, 6) is 1.61. The maximum absolute atomic E-state index is 4.52. The fraction of sp³-hybridized carbons (Fsp3) is 0.733. The van der Waals surface area contributed by atoms with E-state index in [9.17, 15) is 0 Å². The zero-order valence-electron chi connectivity index (χ0n) is 12.8. The molecule has 0 spiro atoms. The number of aromatic nitrogens is 2. The Labute approximate surface area is 116 Å². The molecule has 0 aliphatic carbocycles. The number of hydrogen-bond donors (Lipinski definition) is 1. The van der Waals surface area contributed by atoms with Crippen molar-refractivity contribution < 1.29 is 0 Å². The maximum Gasteiger partial charge on any atom is 0.225 e. The summed E-state index contributed by atoms with van der Waals surface area (Å²) in [6.07, 6.45) is 5.12. The smallest absolute Gasteiger partial charge is 0.225 e. The molecule has 2 rings (SSSR count). The zero-order valence-corrected chi connectivity index (χ0v) is 12.8. The summed E-state index contributed by atoms with van der Waals surface area (Å²) in [6.45, 7) is 12.9. The lowest BCUT2D eigenvalue weighted by atomic mass is 10.1. The van der Waals surface area contributed by atoms with Crippen LogP contribution in [0.1, 0.15) is 46.6 Å². The van der Waals surface area contributed by atoms with Crippen molar-refractivity contribution in [3.05, 3.63) is 18.0 Å². The summed E-state index contributed by atoms with van der Waals surface area (Å²) < 4.78 is 0. The van der Waals surface area contributed by atoms with Crippen LogP contribution < -0.4 is 10.2 Å². The highest BCUT2D eigenvalue weighted by molar-refractivity contribution is 5.33. The molecule has 4 nitrogen and oxygen atoms in total. The molecule has 106 valence electrons. The number of rotatable bonds is 3. The molecule has 1 aliphatic heterocycles. The number of hydrogen-bond acceptors (Lipinski definition) is 4. The van der Waals surface area contributed by atoms with Gasteiger partial charge in [-0.2, -0.15) is 0 Å². The Kier molecular flexibility index (Phi) is 4.09. The SMILES string of the molecule is CC1CC(C)N(c2ncc(CNC(C)(C)C)cn2)C1. The van der Waals surface area contributed by atoms with Crippen molar-refractivity contribution in [2.75, 3.05) is 11.4 Å². The Morgan fingerprint density at radius 2 is 1.89 bits per heavy atom. The molecule has 2 unspecified atom stereocenters. The van der Waals surface area contributed by atoms with Crippen LogP contribution in [-0.4, -0.2) is 28.1 Å². The summed E-state index contributed by atoms with van der Waals surface area (Å²) in [7, 11) is 0. The van der Waals surface area contributed by atoms with E-state index in [1.165, 1.54) is 6.42 Å². The average Bonchev–Trinajstić information content (AvgIpc) is 2.66. The van der Waals surface area contributed by atoms with Crippen LogP contribution >= 0.6 is 0 Å². The lowest BCUT2D eigenvalue weighted by Crippen LogP contribution is -2.35. The molecular weight excluding hydrogens is 236 g/mol. The highest BCUT2D eigenvalue weighted by Gasteiger charge is 2.27. The van der Waals surface area contributed by atoms with Crippen LogP contribution in [0.3, 0.4) is 0 Å². The fourth-order valence-corrected chi connectivity index (χ4v) is 2.53. The van der Waals surface area contributed by atoms with Gasteiger partial charge in [0, 0.05) is 42.6 Å². The van der Waals surface area contributed by atoms with Crippen molar-refractivity contribution in [1.29, 1.82) is 0 Å². The predicted octanol–water partition coefficient (Wildman–Crippen LogP) is 2.60. The second-order valence-corrected chi connectivity index (χ2v) is 6.84. The lowest BCUT2D eigenvalue weighted by molar-refractivity contribution is 0.423. The first-order chi connectivity index (χ1) is 8.85. The maximum atomic E-state index is 4.52. The van der Waals surface area contributed by atoms with E-state index in [2.05, 4.69) is 54.8 Å². The quantitative estimate of drug-likeness (QED) is 0.909. The minimum Gasteiger partial charge on any atom is -0.338 e. The van der Waals surface area contributed by atoms with Crippen molar-refractivity contribution >= 4 is 5.95 Å². The van der Waals surface area contributed by atoms with Gasteiger partial charge in [0.05, 0.1) is 0 Å². The van der Waals surface area contributed by atoms with Gasteiger partial charge in [-0.3, -0.25) is 0 Å². The van der Waals surface area contributed by atoms with Gasteiger partial charge < -0.3 is 10.2 Å². The standard InChI is InChI=1S/C15H26N4/c1-11-6-12(2)19(10-11)14-16-7-13(8-17-14)9-18-15(3,4)5/h7-8,11-12,18H,6,9-10H2,1-5H3. The molecule has 1 aromatic rings.